The number of fused-ring (bicyclic) bond motifs is 2. The van der Waals surface area contributed by atoms with Crippen LogP contribution in [0.25, 0.3) is 15.9 Å². The first kappa shape index (κ1) is 19.2. The molecular formula is C19H19N7O2S2. The smallest absolute Gasteiger partial charge is 0.320 e. The summed E-state index contributed by atoms with van der Waals surface area (Å²) in [5.74, 6) is 1.06. The van der Waals surface area contributed by atoms with Gasteiger partial charge in [-0.3, -0.25) is 4.90 Å². The van der Waals surface area contributed by atoms with E-state index in [4.69, 9.17) is 15.5 Å². The van der Waals surface area contributed by atoms with Crippen LogP contribution in [0.3, 0.4) is 0 Å². The van der Waals surface area contributed by atoms with Crippen LogP contribution in [0.15, 0.2) is 40.4 Å². The van der Waals surface area contributed by atoms with Crippen molar-refractivity contribution in [1.82, 2.24) is 24.8 Å². The molecule has 0 saturated heterocycles. The van der Waals surface area contributed by atoms with Crippen molar-refractivity contribution in [3.05, 3.63) is 35.3 Å². The van der Waals surface area contributed by atoms with Gasteiger partial charge in [0, 0.05) is 17.9 Å². The number of aromatic nitrogens is 5. The molecular weight excluding hydrogens is 422 g/mol. The average Bonchev–Trinajstić information content (AvgIpc) is 3.39. The minimum Gasteiger partial charge on any atom is -0.383 e. The lowest BCUT2D eigenvalue weighted by Gasteiger charge is -2.18. The van der Waals surface area contributed by atoms with E-state index < -0.39 is 6.03 Å². The number of ether oxygens (including phenoxy) is 1. The van der Waals surface area contributed by atoms with Crippen LogP contribution in [0.1, 0.15) is 23.8 Å². The maximum atomic E-state index is 11.8. The second-order valence-corrected chi connectivity index (χ2v) is 9.09. The van der Waals surface area contributed by atoms with E-state index in [0.29, 0.717) is 35.7 Å². The summed E-state index contributed by atoms with van der Waals surface area (Å²) in [6.07, 6.45) is 2.49. The zero-order valence-electron chi connectivity index (χ0n) is 16.2. The molecule has 0 atom stereocenters. The molecule has 0 aliphatic heterocycles. The monoisotopic (exact) mass is 441 g/mol. The number of primary amides is 1. The molecule has 2 N–H and O–H groups in total. The molecule has 3 aromatic heterocycles. The van der Waals surface area contributed by atoms with E-state index in [1.54, 1.807) is 35.1 Å². The molecule has 4 aromatic rings. The predicted octanol–water partition coefficient (Wildman–Crippen LogP) is 3.29. The van der Waals surface area contributed by atoms with E-state index in [0.717, 1.165) is 10.4 Å². The van der Waals surface area contributed by atoms with Gasteiger partial charge in [0.2, 0.25) is 5.16 Å². The molecule has 0 bridgehead atoms. The minimum atomic E-state index is -0.594. The van der Waals surface area contributed by atoms with Gasteiger partial charge in [0.15, 0.2) is 11.5 Å². The lowest BCUT2D eigenvalue weighted by molar-refractivity contribution is 0.203. The summed E-state index contributed by atoms with van der Waals surface area (Å²) in [5.41, 5.74) is 7.14. The molecule has 154 valence electrons. The molecule has 1 aliphatic rings. The molecule has 30 heavy (non-hydrogen) atoms. The summed E-state index contributed by atoms with van der Waals surface area (Å²) in [6, 6.07) is 9.06. The molecule has 9 nitrogen and oxygen atoms in total. The first-order chi connectivity index (χ1) is 14.6. The number of hydrogen-bond acceptors (Lipinski definition) is 8. The van der Waals surface area contributed by atoms with Crippen molar-refractivity contribution in [3.8, 4) is 0 Å². The zero-order chi connectivity index (χ0) is 20.7. The molecule has 0 radical (unpaired) electrons. The normalized spacial score (nSPS) is 13.9. The molecule has 5 rings (SSSR count). The number of methoxy groups -OCH3 is 1. The van der Waals surface area contributed by atoms with Crippen LogP contribution in [-0.2, 0) is 4.74 Å². The van der Waals surface area contributed by atoms with E-state index in [2.05, 4.69) is 21.4 Å². The summed E-state index contributed by atoms with van der Waals surface area (Å²) in [4.78, 5) is 19.0. The molecule has 0 spiro atoms. The number of carbonyl (C=O) groups is 1. The van der Waals surface area contributed by atoms with Gasteiger partial charge in [-0.25, -0.2) is 9.78 Å². The van der Waals surface area contributed by atoms with Crippen LogP contribution in [0.2, 0.25) is 0 Å². The Morgan fingerprint density at radius 2 is 2.20 bits per heavy atom. The Labute approximate surface area is 180 Å². The Morgan fingerprint density at radius 1 is 1.33 bits per heavy atom. The van der Waals surface area contributed by atoms with Crippen LogP contribution in [0.5, 0.6) is 0 Å². The Hall–Kier alpha value is -2.76. The fraction of sp³-hybridized carbons (Fsp3) is 0.316. The number of urea groups is 1. The van der Waals surface area contributed by atoms with E-state index in [-0.39, 0.29) is 0 Å². The number of carbonyl (C=O) groups excluding carboxylic acids is 1. The Balaban J connectivity index is 1.45. The summed E-state index contributed by atoms with van der Waals surface area (Å²) in [5, 5.41) is 14.8. The van der Waals surface area contributed by atoms with Crippen molar-refractivity contribution in [2.45, 2.75) is 28.8 Å². The minimum absolute atomic E-state index is 0.306. The van der Waals surface area contributed by atoms with Gasteiger partial charge >= 0.3 is 6.03 Å². The van der Waals surface area contributed by atoms with Crippen molar-refractivity contribution in [2.24, 2.45) is 5.73 Å². The molecule has 0 unspecified atom stereocenters. The molecule has 11 heteroatoms. The van der Waals surface area contributed by atoms with Crippen LogP contribution < -0.4 is 10.6 Å². The first-order valence-electron chi connectivity index (χ1n) is 9.49. The highest BCUT2D eigenvalue weighted by atomic mass is 32.2. The topological polar surface area (TPSA) is 112 Å². The number of anilines is 1. The quantitative estimate of drug-likeness (QED) is 0.468. The van der Waals surface area contributed by atoms with E-state index in [9.17, 15) is 4.79 Å². The first-order valence-corrected chi connectivity index (χ1v) is 11.1. The van der Waals surface area contributed by atoms with Gasteiger partial charge in [-0.05, 0) is 54.9 Å². The number of amides is 2. The number of hydrogen-bond donors (Lipinski definition) is 1. The Morgan fingerprint density at radius 3 is 2.97 bits per heavy atom. The summed E-state index contributed by atoms with van der Waals surface area (Å²) >= 11 is 3.23. The molecule has 2 amide bonds. The van der Waals surface area contributed by atoms with Gasteiger partial charge < -0.3 is 10.5 Å². The maximum Gasteiger partial charge on any atom is 0.320 e. The molecule has 1 fully saturated rings. The summed E-state index contributed by atoms with van der Waals surface area (Å²) in [7, 11) is 1.57. The van der Waals surface area contributed by atoms with Crippen LogP contribution in [0.4, 0.5) is 10.6 Å². The van der Waals surface area contributed by atoms with Gasteiger partial charge in [-0.15, -0.1) is 26.6 Å². The SMILES string of the molecule is COCCN(C(N)=O)c1ccc2nnc(Sc3ccc4nc(C5CC5)sc4c3)n2n1. The lowest BCUT2D eigenvalue weighted by Crippen LogP contribution is -2.39. The van der Waals surface area contributed by atoms with E-state index >= 15 is 0 Å². The van der Waals surface area contributed by atoms with Crippen molar-refractivity contribution in [1.29, 1.82) is 0 Å². The highest BCUT2D eigenvalue weighted by Gasteiger charge is 2.27. The van der Waals surface area contributed by atoms with Crippen molar-refractivity contribution in [3.63, 3.8) is 0 Å². The Kier molecular flexibility index (Phi) is 5.01. The zero-order valence-corrected chi connectivity index (χ0v) is 17.8. The molecule has 3 heterocycles. The van der Waals surface area contributed by atoms with Crippen molar-refractivity contribution < 1.29 is 9.53 Å². The number of nitrogens with zero attached hydrogens (tertiary/aromatic N) is 6. The predicted molar refractivity (Wildman–Crippen MR) is 115 cm³/mol. The average molecular weight is 442 g/mol. The fourth-order valence-electron chi connectivity index (χ4n) is 3.08. The standard InChI is InChI=1S/C19H19N7O2S2/c1-28-9-8-25(18(20)27)16-7-6-15-22-23-19(26(15)24-16)29-12-4-5-13-14(10-12)30-17(21-13)11-2-3-11/h4-7,10-11H,2-3,8-9H2,1H3,(H2,20,27). The number of benzene rings is 1. The van der Waals surface area contributed by atoms with Gasteiger partial charge in [0.25, 0.3) is 0 Å². The summed E-state index contributed by atoms with van der Waals surface area (Å²) < 4.78 is 7.85. The largest absolute Gasteiger partial charge is 0.383 e. The van der Waals surface area contributed by atoms with Crippen LogP contribution in [-0.4, -0.2) is 51.1 Å². The number of thiazole rings is 1. The third kappa shape index (κ3) is 3.71. The third-order valence-electron chi connectivity index (χ3n) is 4.79. The van der Waals surface area contributed by atoms with Gasteiger partial charge in [0.1, 0.15) is 0 Å². The third-order valence-corrected chi connectivity index (χ3v) is 6.90. The molecule has 1 aliphatic carbocycles. The van der Waals surface area contributed by atoms with Gasteiger partial charge in [0.05, 0.1) is 28.4 Å². The van der Waals surface area contributed by atoms with E-state index in [1.807, 2.05) is 12.1 Å². The van der Waals surface area contributed by atoms with E-state index in [1.165, 1.54) is 39.2 Å². The van der Waals surface area contributed by atoms with Gasteiger partial charge in [-0.1, -0.05) is 0 Å². The Bertz CT molecular complexity index is 1230. The highest BCUT2D eigenvalue weighted by molar-refractivity contribution is 7.99. The summed E-state index contributed by atoms with van der Waals surface area (Å²) in [6.45, 7) is 0.657. The lowest BCUT2D eigenvalue weighted by atomic mass is 10.3. The molecule has 1 saturated carbocycles. The van der Waals surface area contributed by atoms with Crippen molar-refractivity contribution >= 4 is 50.8 Å². The highest BCUT2D eigenvalue weighted by Crippen LogP contribution is 2.43. The van der Waals surface area contributed by atoms with Crippen LogP contribution in [0, 0.1) is 0 Å². The number of nitrogens with two attached hydrogens (primary N) is 1. The van der Waals surface area contributed by atoms with Crippen molar-refractivity contribution in [2.75, 3.05) is 25.2 Å². The maximum absolute atomic E-state index is 11.8. The van der Waals surface area contributed by atoms with Crippen LogP contribution >= 0.6 is 23.1 Å². The fourth-order valence-corrected chi connectivity index (χ4v) is 5.16. The number of rotatable bonds is 7. The van der Waals surface area contributed by atoms with Gasteiger partial charge in [-0.2, -0.15) is 4.52 Å². The second-order valence-electron chi connectivity index (χ2n) is 6.98. The second kappa shape index (κ2) is 7.82. The molecule has 1 aromatic carbocycles.